The molecule has 0 aromatic carbocycles. The second-order valence-electron chi connectivity index (χ2n) is 5.93. The van der Waals surface area contributed by atoms with Crippen molar-refractivity contribution in [3.63, 3.8) is 0 Å². The lowest BCUT2D eigenvalue weighted by molar-refractivity contribution is 0.0919. The summed E-state index contributed by atoms with van der Waals surface area (Å²) in [4.78, 5) is 26.2. The zero-order chi connectivity index (χ0) is 17.6. The molecule has 134 valence electrons. The summed E-state index contributed by atoms with van der Waals surface area (Å²) in [6.45, 7) is 3.31. The van der Waals surface area contributed by atoms with Gasteiger partial charge in [0.1, 0.15) is 5.01 Å². The number of carbonyl (C=O) groups is 2. The molecule has 3 amide bonds. The first-order valence-corrected chi connectivity index (χ1v) is 10.1. The summed E-state index contributed by atoms with van der Waals surface area (Å²) in [5.41, 5.74) is 0.698. The fourth-order valence-electron chi connectivity index (χ4n) is 2.68. The van der Waals surface area contributed by atoms with Gasteiger partial charge in [-0.1, -0.05) is 18.3 Å². The molecule has 2 aromatic rings. The van der Waals surface area contributed by atoms with E-state index >= 15 is 0 Å². The Bertz CT molecular complexity index is 708. The average molecular weight is 380 g/mol. The van der Waals surface area contributed by atoms with Crippen molar-refractivity contribution in [2.45, 2.75) is 38.6 Å². The Kier molecular flexibility index (Phi) is 5.98. The second-order valence-corrected chi connectivity index (χ2v) is 7.77. The number of hydrogen-bond donors (Lipinski definition) is 2. The molecule has 3 rings (SSSR count). The summed E-state index contributed by atoms with van der Waals surface area (Å²) in [5, 5.41) is 19.1. The predicted octanol–water partition coefficient (Wildman–Crippen LogP) is 2.98. The first kappa shape index (κ1) is 17.8. The number of nitrogens with one attached hydrogen (secondary N) is 2. The molecular weight excluding hydrogens is 358 g/mol. The number of aromatic nitrogens is 2. The van der Waals surface area contributed by atoms with Crippen molar-refractivity contribution < 1.29 is 9.59 Å². The van der Waals surface area contributed by atoms with Gasteiger partial charge in [0.25, 0.3) is 5.91 Å². The molecular formula is C16H21N5O2S2. The lowest BCUT2D eigenvalue weighted by atomic mass is 10.1. The van der Waals surface area contributed by atoms with Gasteiger partial charge in [-0.15, -0.1) is 10.2 Å². The quantitative estimate of drug-likeness (QED) is 0.836. The Morgan fingerprint density at radius 2 is 2.12 bits per heavy atom. The van der Waals surface area contributed by atoms with E-state index in [1.165, 1.54) is 22.7 Å². The number of hydrogen-bond acceptors (Lipinski definition) is 6. The van der Waals surface area contributed by atoms with Crippen LogP contribution in [0.5, 0.6) is 0 Å². The van der Waals surface area contributed by atoms with Gasteiger partial charge >= 0.3 is 6.03 Å². The average Bonchev–Trinajstić information content (AvgIpc) is 3.28. The molecule has 9 heteroatoms. The third-order valence-electron chi connectivity index (χ3n) is 4.05. The van der Waals surface area contributed by atoms with Crippen LogP contribution in [0.1, 0.15) is 41.6 Å². The molecule has 0 spiro atoms. The number of carbonyl (C=O) groups excluding carboxylic acids is 2. The monoisotopic (exact) mass is 379 g/mol. The van der Waals surface area contributed by atoms with Crippen LogP contribution in [0.2, 0.25) is 0 Å². The van der Waals surface area contributed by atoms with Crippen LogP contribution in [0.4, 0.5) is 9.93 Å². The normalized spacial score (nSPS) is 15.2. The van der Waals surface area contributed by atoms with Gasteiger partial charge in [-0.25, -0.2) is 4.79 Å². The van der Waals surface area contributed by atoms with E-state index < -0.39 is 0 Å². The van der Waals surface area contributed by atoms with Gasteiger partial charge in [-0.2, -0.15) is 11.3 Å². The van der Waals surface area contributed by atoms with Gasteiger partial charge in [0, 0.05) is 36.5 Å². The molecule has 2 aromatic heterocycles. The molecule has 0 radical (unpaired) electrons. The minimum absolute atomic E-state index is 0.0403. The molecule has 3 heterocycles. The number of rotatable bonds is 5. The largest absolute Gasteiger partial charge is 0.349 e. The fraction of sp³-hybridized carbons (Fsp3) is 0.500. The molecule has 25 heavy (non-hydrogen) atoms. The Morgan fingerprint density at radius 3 is 2.80 bits per heavy atom. The summed E-state index contributed by atoms with van der Waals surface area (Å²) < 4.78 is 0. The Morgan fingerprint density at radius 1 is 1.32 bits per heavy atom. The maximum Gasteiger partial charge on any atom is 0.323 e. The van der Waals surface area contributed by atoms with E-state index in [2.05, 4.69) is 27.8 Å². The van der Waals surface area contributed by atoms with Crippen LogP contribution in [0.3, 0.4) is 0 Å². The van der Waals surface area contributed by atoms with Crippen molar-refractivity contribution in [1.82, 2.24) is 20.4 Å². The minimum atomic E-state index is -0.151. The van der Waals surface area contributed by atoms with Crippen LogP contribution >= 0.6 is 22.7 Å². The molecule has 7 nitrogen and oxygen atoms in total. The maximum atomic E-state index is 12.3. The first-order chi connectivity index (χ1) is 12.2. The smallest absolute Gasteiger partial charge is 0.323 e. The van der Waals surface area contributed by atoms with Crippen molar-refractivity contribution in [2.24, 2.45) is 0 Å². The fourth-order valence-corrected chi connectivity index (χ4v) is 4.15. The lowest BCUT2D eigenvalue weighted by Gasteiger charge is -2.32. The van der Waals surface area contributed by atoms with Crippen molar-refractivity contribution in [1.29, 1.82) is 0 Å². The van der Waals surface area contributed by atoms with Crippen LogP contribution in [-0.4, -0.2) is 46.2 Å². The Labute approximate surface area is 154 Å². The number of piperidine rings is 1. The summed E-state index contributed by atoms with van der Waals surface area (Å²) in [7, 11) is 0. The van der Waals surface area contributed by atoms with E-state index in [-0.39, 0.29) is 18.0 Å². The maximum absolute atomic E-state index is 12.3. The number of anilines is 1. The predicted molar refractivity (Wildman–Crippen MR) is 99.3 cm³/mol. The SMILES string of the molecule is CCCc1nnc(NC(=O)N2CCC(NC(=O)c3ccsc3)CC2)s1. The Hall–Kier alpha value is -2.00. The molecule has 1 aliphatic rings. The zero-order valence-electron chi connectivity index (χ0n) is 14.0. The summed E-state index contributed by atoms with van der Waals surface area (Å²) in [5.74, 6) is -0.0403. The van der Waals surface area contributed by atoms with Gasteiger partial charge < -0.3 is 10.2 Å². The van der Waals surface area contributed by atoms with Crippen LogP contribution in [0.25, 0.3) is 0 Å². The molecule has 1 saturated heterocycles. The number of aryl methyl sites for hydroxylation is 1. The molecule has 2 N–H and O–H groups in total. The highest BCUT2D eigenvalue weighted by molar-refractivity contribution is 7.15. The van der Waals surface area contributed by atoms with Crippen molar-refractivity contribution in [3.8, 4) is 0 Å². The van der Waals surface area contributed by atoms with E-state index in [0.717, 1.165) is 30.7 Å². The molecule has 1 aliphatic heterocycles. The standard InChI is InChI=1S/C16H21N5O2S2/c1-2-3-13-19-20-15(25-13)18-16(23)21-7-4-12(5-8-21)17-14(22)11-6-9-24-10-11/h6,9-10,12H,2-5,7-8H2,1H3,(H,17,22)(H,18,20,23). The van der Waals surface area contributed by atoms with E-state index in [1.54, 1.807) is 4.90 Å². The number of nitrogens with zero attached hydrogens (tertiary/aromatic N) is 3. The van der Waals surface area contributed by atoms with Crippen molar-refractivity contribution in [2.75, 3.05) is 18.4 Å². The van der Waals surface area contributed by atoms with Crippen molar-refractivity contribution in [3.05, 3.63) is 27.4 Å². The van der Waals surface area contributed by atoms with Gasteiger partial charge in [0.2, 0.25) is 5.13 Å². The van der Waals surface area contributed by atoms with Gasteiger partial charge in [-0.3, -0.25) is 10.1 Å². The van der Waals surface area contributed by atoms with Crippen molar-refractivity contribution >= 4 is 39.7 Å². The van der Waals surface area contributed by atoms with E-state index in [9.17, 15) is 9.59 Å². The van der Waals surface area contributed by atoms with Crippen LogP contribution in [0, 0.1) is 0 Å². The van der Waals surface area contributed by atoms with Gasteiger partial charge in [0.05, 0.1) is 0 Å². The van der Waals surface area contributed by atoms with Crippen LogP contribution < -0.4 is 10.6 Å². The number of urea groups is 1. The number of amides is 3. The topological polar surface area (TPSA) is 87.2 Å². The minimum Gasteiger partial charge on any atom is -0.349 e. The highest BCUT2D eigenvalue weighted by atomic mass is 32.1. The number of thiophene rings is 1. The van der Waals surface area contributed by atoms with Crippen LogP contribution in [-0.2, 0) is 6.42 Å². The van der Waals surface area contributed by atoms with Crippen LogP contribution in [0.15, 0.2) is 16.8 Å². The van der Waals surface area contributed by atoms with Gasteiger partial charge in [-0.05, 0) is 30.7 Å². The highest BCUT2D eigenvalue weighted by Gasteiger charge is 2.24. The lowest BCUT2D eigenvalue weighted by Crippen LogP contribution is -2.47. The van der Waals surface area contributed by atoms with Gasteiger partial charge in [0.15, 0.2) is 0 Å². The molecule has 0 aliphatic carbocycles. The van der Waals surface area contributed by atoms with E-state index in [0.29, 0.717) is 23.8 Å². The third-order valence-corrected chi connectivity index (χ3v) is 5.63. The number of likely N-dealkylation sites (tertiary alicyclic amines) is 1. The molecule has 0 saturated carbocycles. The van der Waals surface area contributed by atoms with E-state index in [4.69, 9.17) is 0 Å². The summed E-state index contributed by atoms with van der Waals surface area (Å²) in [6.07, 6.45) is 3.39. The molecule has 1 fully saturated rings. The summed E-state index contributed by atoms with van der Waals surface area (Å²) >= 11 is 2.93. The molecule has 0 unspecified atom stereocenters. The first-order valence-electron chi connectivity index (χ1n) is 8.37. The van der Waals surface area contributed by atoms with E-state index in [1.807, 2.05) is 16.8 Å². The Balaban J connectivity index is 1.44. The molecule has 0 bridgehead atoms. The second kappa shape index (κ2) is 8.39. The third kappa shape index (κ3) is 4.76. The molecule has 0 atom stereocenters. The zero-order valence-corrected chi connectivity index (χ0v) is 15.7. The summed E-state index contributed by atoms with van der Waals surface area (Å²) in [6, 6.07) is 1.77. The highest BCUT2D eigenvalue weighted by Crippen LogP contribution is 2.18.